The first-order valence-electron chi connectivity index (χ1n) is 8.56. The van der Waals surface area contributed by atoms with Crippen LogP contribution in [0, 0.1) is 30.5 Å². The first-order valence-corrected chi connectivity index (χ1v) is 8.56. The van der Waals surface area contributed by atoms with Crippen LogP contribution in [-0.4, -0.2) is 28.9 Å². The van der Waals surface area contributed by atoms with Crippen LogP contribution in [0.15, 0.2) is 34.9 Å². The maximum atomic E-state index is 13.4. The van der Waals surface area contributed by atoms with Gasteiger partial charge in [0.15, 0.2) is 11.6 Å². The van der Waals surface area contributed by atoms with Crippen molar-refractivity contribution in [1.82, 2.24) is 9.88 Å². The molecule has 0 spiro atoms. The second-order valence-corrected chi connectivity index (χ2v) is 7.06. The summed E-state index contributed by atoms with van der Waals surface area (Å²) in [7, 11) is 0. The predicted molar refractivity (Wildman–Crippen MR) is 87.0 cm³/mol. The van der Waals surface area contributed by atoms with Gasteiger partial charge in [-0.05, 0) is 54.7 Å². The lowest BCUT2D eigenvalue weighted by Crippen LogP contribution is -2.30. The van der Waals surface area contributed by atoms with Crippen LogP contribution >= 0.6 is 0 Å². The van der Waals surface area contributed by atoms with E-state index in [0.717, 1.165) is 37.9 Å². The van der Waals surface area contributed by atoms with E-state index in [1.54, 1.807) is 19.1 Å². The summed E-state index contributed by atoms with van der Waals surface area (Å²) < 4.78 is 18.6. The number of amides is 1. The van der Waals surface area contributed by atoms with Crippen LogP contribution in [0.5, 0.6) is 0 Å². The Morgan fingerprint density at radius 1 is 1.38 bits per heavy atom. The van der Waals surface area contributed by atoms with Crippen molar-refractivity contribution in [1.29, 1.82) is 0 Å². The van der Waals surface area contributed by atoms with Gasteiger partial charge in [0.25, 0.3) is 5.91 Å². The zero-order valence-electron chi connectivity index (χ0n) is 13.7. The van der Waals surface area contributed by atoms with Crippen LogP contribution in [0.4, 0.5) is 4.39 Å². The van der Waals surface area contributed by atoms with Gasteiger partial charge in [-0.3, -0.25) is 4.79 Å². The number of fused-ring (bicyclic) bond motifs is 1. The van der Waals surface area contributed by atoms with E-state index in [4.69, 9.17) is 4.42 Å². The van der Waals surface area contributed by atoms with Crippen LogP contribution in [0.25, 0.3) is 0 Å². The Kier molecular flexibility index (Phi) is 3.87. The van der Waals surface area contributed by atoms with Crippen LogP contribution in [-0.2, 0) is 6.42 Å². The highest BCUT2D eigenvalue weighted by Gasteiger charge is 2.44. The summed E-state index contributed by atoms with van der Waals surface area (Å²) in [6.07, 6.45) is 4.64. The minimum Gasteiger partial charge on any atom is -0.448 e. The maximum absolute atomic E-state index is 13.4. The maximum Gasteiger partial charge on any atom is 0.275 e. The summed E-state index contributed by atoms with van der Waals surface area (Å²) in [6, 6.07) is 6.88. The number of carbonyl (C=O) groups is 1. The molecule has 1 aromatic carbocycles. The third-order valence-corrected chi connectivity index (χ3v) is 5.52. The third kappa shape index (κ3) is 2.83. The second kappa shape index (κ2) is 6.04. The number of aryl methyl sites for hydroxylation is 1. The minimum atomic E-state index is -0.174. The first-order chi connectivity index (χ1) is 11.6. The molecule has 1 aliphatic heterocycles. The molecule has 0 bridgehead atoms. The second-order valence-electron chi connectivity index (χ2n) is 7.06. The molecule has 4 rings (SSSR count). The molecule has 0 unspecified atom stereocenters. The fourth-order valence-corrected chi connectivity index (χ4v) is 4.39. The Morgan fingerprint density at radius 3 is 3.00 bits per heavy atom. The van der Waals surface area contributed by atoms with Crippen molar-refractivity contribution in [3.63, 3.8) is 0 Å². The van der Waals surface area contributed by atoms with Gasteiger partial charge >= 0.3 is 0 Å². The molecule has 2 fully saturated rings. The molecular weight excluding hydrogens is 307 g/mol. The van der Waals surface area contributed by atoms with E-state index in [1.807, 2.05) is 11.0 Å². The summed E-state index contributed by atoms with van der Waals surface area (Å²) in [5, 5.41) is 0. The molecule has 24 heavy (non-hydrogen) atoms. The van der Waals surface area contributed by atoms with Crippen molar-refractivity contribution in [3.05, 3.63) is 53.5 Å². The zero-order chi connectivity index (χ0) is 16.7. The smallest absolute Gasteiger partial charge is 0.275 e. The third-order valence-electron chi connectivity index (χ3n) is 5.52. The van der Waals surface area contributed by atoms with Crippen LogP contribution in [0.1, 0.15) is 34.8 Å². The van der Waals surface area contributed by atoms with Gasteiger partial charge in [0, 0.05) is 20.0 Å². The normalized spacial score (nSPS) is 25.9. The number of nitrogens with zero attached hydrogens (tertiary/aromatic N) is 2. The fraction of sp³-hybridized carbons (Fsp3) is 0.474. The van der Waals surface area contributed by atoms with Gasteiger partial charge in [-0.2, -0.15) is 0 Å². The molecule has 1 aromatic heterocycles. The van der Waals surface area contributed by atoms with Gasteiger partial charge < -0.3 is 9.32 Å². The summed E-state index contributed by atoms with van der Waals surface area (Å²) in [5.74, 6) is 1.89. The highest BCUT2D eigenvalue weighted by Crippen LogP contribution is 2.44. The lowest BCUT2D eigenvalue weighted by atomic mass is 9.87. The molecule has 0 radical (unpaired) electrons. The van der Waals surface area contributed by atoms with Crippen LogP contribution < -0.4 is 0 Å². The topological polar surface area (TPSA) is 46.3 Å². The Balaban J connectivity index is 1.44. The molecule has 4 nitrogen and oxygen atoms in total. The number of aromatic nitrogens is 1. The van der Waals surface area contributed by atoms with Crippen LogP contribution in [0.3, 0.4) is 0 Å². The average molecular weight is 328 g/mol. The number of hydrogen-bond acceptors (Lipinski definition) is 3. The molecule has 3 atom stereocenters. The lowest BCUT2D eigenvalue weighted by Gasteiger charge is -2.20. The first kappa shape index (κ1) is 15.4. The number of hydrogen-bond donors (Lipinski definition) is 0. The monoisotopic (exact) mass is 328 g/mol. The van der Waals surface area contributed by atoms with Gasteiger partial charge in [-0.1, -0.05) is 12.1 Å². The van der Waals surface area contributed by atoms with Gasteiger partial charge in [0.2, 0.25) is 0 Å². The molecule has 2 aliphatic rings. The number of halogens is 1. The van der Waals surface area contributed by atoms with Gasteiger partial charge in [0.05, 0.1) is 0 Å². The van der Waals surface area contributed by atoms with E-state index < -0.39 is 0 Å². The molecule has 2 aromatic rings. The van der Waals surface area contributed by atoms with Crippen molar-refractivity contribution in [2.45, 2.75) is 26.2 Å². The van der Waals surface area contributed by atoms with Crippen molar-refractivity contribution in [2.24, 2.45) is 17.8 Å². The Morgan fingerprint density at radius 2 is 2.25 bits per heavy atom. The standard InChI is InChI=1S/C19H21FN2O2/c1-12-21-18(11-24-12)19(23)22-9-15-6-5-14(17(15)10-22)7-13-3-2-4-16(20)8-13/h2-4,8,11,14-15,17H,5-7,9-10H2,1H3/t14-,15-,17-/m1/s1. The van der Waals surface area contributed by atoms with E-state index in [2.05, 4.69) is 4.98 Å². The molecule has 1 saturated carbocycles. The highest BCUT2D eigenvalue weighted by atomic mass is 19.1. The number of benzene rings is 1. The number of likely N-dealkylation sites (tertiary alicyclic amines) is 1. The SMILES string of the molecule is Cc1nc(C(=O)N2C[C@H]3CC[C@H](Cc4cccc(F)c4)[C@H]3C2)co1. The Labute approximate surface area is 140 Å². The van der Waals surface area contributed by atoms with Gasteiger partial charge in [0.1, 0.15) is 12.1 Å². The zero-order valence-corrected chi connectivity index (χ0v) is 13.7. The van der Waals surface area contributed by atoms with Crippen molar-refractivity contribution in [3.8, 4) is 0 Å². The van der Waals surface area contributed by atoms with Crippen LogP contribution in [0.2, 0.25) is 0 Å². The molecule has 2 heterocycles. The van der Waals surface area contributed by atoms with Gasteiger partial charge in [-0.15, -0.1) is 0 Å². The van der Waals surface area contributed by atoms with E-state index in [-0.39, 0.29) is 11.7 Å². The largest absolute Gasteiger partial charge is 0.448 e. The molecule has 5 heteroatoms. The fourth-order valence-electron chi connectivity index (χ4n) is 4.39. The summed E-state index contributed by atoms with van der Waals surface area (Å²) in [4.78, 5) is 18.6. The van der Waals surface area contributed by atoms with E-state index in [9.17, 15) is 9.18 Å². The molecule has 1 amide bonds. The molecule has 0 N–H and O–H groups in total. The minimum absolute atomic E-state index is 0.0363. The van der Waals surface area contributed by atoms with E-state index in [1.165, 1.54) is 12.3 Å². The highest BCUT2D eigenvalue weighted by molar-refractivity contribution is 5.92. The average Bonchev–Trinajstić information content (AvgIpc) is 3.24. The summed E-state index contributed by atoms with van der Waals surface area (Å²) >= 11 is 0. The van der Waals surface area contributed by atoms with Crippen molar-refractivity contribution < 1.29 is 13.6 Å². The molecule has 1 saturated heterocycles. The quantitative estimate of drug-likeness (QED) is 0.867. The lowest BCUT2D eigenvalue weighted by molar-refractivity contribution is 0.0770. The molecule has 126 valence electrons. The van der Waals surface area contributed by atoms with Crippen molar-refractivity contribution >= 4 is 5.91 Å². The molecular formula is C19H21FN2O2. The summed E-state index contributed by atoms with van der Waals surface area (Å²) in [6.45, 7) is 3.31. The van der Waals surface area contributed by atoms with Gasteiger partial charge in [-0.25, -0.2) is 9.37 Å². The molecule has 1 aliphatic carbocycles. The number of rotatable bonds is 3. The Bertz CT molecular complexity index is 757. The number of oxazole rings is 1. The van der Waals surface area contributed by atoms with E-state index in [0.29, 0.717) is 29.3 Å². The number of carbonyl (C=O) groups excluding carboxylic acids is 1. The summed E-state index contributed by atoms with van der Waals surface area (Å²) in [5.41, 5.74) is 1.45. The van der Waals surface area contributed by atoms with E-state index >= 15 is 0 Å². The predicted octanol–water partition coefficient (Wildman–Crippen LogP) is 3.46. The Hall–Kier alpha value is -2.17. The van der Waals surface area contributed by atoms with Crippen molar-refractivity contribution in [2.75, 3.05) is 13.1 Å².